The van der Waals surface area contributed by atoms with Crippen LogP contribution < -0.4 is 18.9 Å². The lowest BCUT2D eigenvalue weighted by Gasteiger charge is -2.38. The summed E-state index contributed by atoms with van der Waals surface area (Å²) in [7, 11) is 3.29. The molecule has 0 atom stereocenters. The highest BCUT2D eigenvalue weighted by atomic mass is 16.5. The summed E-state index contributed by atoms with van der Waals surface area (Å²) >= 11 is 0. The summed E-state index contributed by atoms with van der Waals surface area (Å²) in [5, 5.41) is 18.9. The van der Waals surface area contributed by atoms with Gasteiger partial charge in [0.15, 0.2) is 0 Å². The molecule has 0 bridgehead atoms. The van der Waals surface area contributed by atoms with Gasteiger partial charge in [0, 0.05) is 5.56 Å². The van der Waals surface area contributed by atoms with Crippen LogP contribution >= 0.6 is 0 Å². The Kier molecular flexibility index (Phi) is 8.67. The van der Waals surface area contributed by atoms with Crippen molar-refractivity contribution in [3.05, 3.63) is 119 Å². The van der Waals surface area contributed by atoms with E-state index >= 15 is 0 Å². The molecule has 6 nitrogen and oxygen atoms in total. The van der Waals surface area contributed by atoms with Gasteiger partial charge in [-0.3, -0.25) is 0 Å². The number of ether oxygens (including phenoxy) is 4. The number of benzene rings is 4. The molecule has 37 heavy (non-hydrogen) atoms. The summed E-state index contributed by atoms with van der Waals surface area (Å²) in [6.07, 6.45) is 0. The molecule has 0 saturated heterocycles. The summed E-state index contributed by atoms with van der Waals surface area (Å²) in [5.41, 5.74) is 2.98. The first-order chi connectivity index (χ1) is 18.2. The van der Waals surface area contributed by atoms with Gasteiger partial charge in [-0.05, 0) is 59.2 Å². The standard InChI is InChI=1S/C31H32O6/c1-34-26-12-8-24(9-13-26)31(23-6-4-3-5-7-23,25-10-14-27(35-2)15-11-25)29-22-28(36-20-18-32)16-17-30(29)37-21-19-33/h3-17,22,32-33H,18-21H2,1-2H3. The molecule has 0 unspecified atom stereocenters. The van der Waals surface area contributed by atoms with Crippen LogP contribution in [0.25, 0.3) is 0 Å². The van der Waals surface area contributed by atoms with E-state index in [1.807, 2.05) is 84.9 Å². The Morgan fingerprint density at radius 1 is 0.568 bits per heavy atom. The molecule has 0 heterocycles. The first-order valence-corrected chi connectivity index (χ1v) is 12.1. The van der Waals surface area contributed by atoms with Gasteiger partial charge in [0.05, 0.1) is 32.8 Å². The van der Waals surface area contributed by atoms with E-state index in [-0.39, 0.29) is 26.4 Å². The van der Waals surface area contributed by atoms with E-state index in [1.165, 1.54) is 0 Å². The maximum atomic E-state index is 9.55. The topological polar surface area (TPSA) is 77.4 Å². The molecule has 4 rings (SSSR count). The van der Waals surface area contributed by atoms with E-state index in [0.717, 1.165) is 33.8 Å². The monoisotopic (exact) mass is 500 g/mol. The number of aliphatic hydroxyl groups excluding tert-OH is 2. The van der Waals surface area contributed by atoms with Crippen LogP contribution in [0.1, 0.15) is 22.3 Å². The van der Waals surface area contributed by atoms with E-state index in [2.05, 4.69) is 12.1 Å². The van der Waals surface area contributed by atoms with Crippen molar-refractivity contribution in [1.82, 2.24) is 0 Å². The molecule has 0 amide bonds. The van der Waals surface area contributed by atoms with Crippen LogP contribution in [-0.2, 0) is 5.41 Å². The van der Waals surface area contributed by atoms with Crippen molar-refractivity contribution in [1.29, 1.82) is 0 Å². The Hall–Kier alpha value is -4.00. The molecule has 0 radical (unpaired) electrons. The minimum Gasteiger partial charge on any atom is -0.497 e. The molecule has 0 aliphatic rings. The van der Waals surface area contributed by atoms with Crippen LogP contribution in [0.3, 0.4) is 0 Å². The summed E-state index contributed by atoms with van der Waals surface area (Å²) in [5.74, 6) is 2.71. The Morgan fingerprint density at radius 2 is 1.05 bits per heavy atom. The molecular weight excluding hydrogens is 468 g/mol. The van der Waals surface area contributed by atoms with E-state index in [1.54, 1.807) is 14.2 Å². The fraction of sp³-hybridized carbons (Fsp3) is 0.226. The third-order valence-electron chi connectivity index (χ3n) is 6.32. The highest BCUT2D eigenvalue weighted by molar-refractivity contribution is 5.65. The van der Waals surface area contributed by atoms with Gasteiger partial charge in [-0.1, -0.05) is 54.6 Å². The predicted molar refractivity (Wildman–Crippen MR) is 143 cm³/mol. The van der Waals surface area contributed by atoms with Crippen LogP contribution in [0.2, 0.25) is 0 Å². The maximum Gasteiger partial charge on any atom is 0.124 e. The second kappa shape index (κ2) is 12.3. The largest absolute Gasteiger partial charge is 0.497 e. The molecule has 0 fully saturated rings. The summed E-state index contributed by atoms with van der Waals surface area (Å²) < 4.78 is 22.9. The lowest BCUT2D eigenvalue weighted by Crippen LogP contribution is -2.32. The normalized spacial score (nSPS) is 11.1. The van der Waals surface area contributed by atoms with Crippen molar-refractivity contribution in [2.45, 2.75) is 5.41 Å². The highest BCUT2D eigenvalue weighted by Crippen LogP contribution is 2.49. The Labute approximate surface area is 217 Å². The van der Waals surface area contributed by atoms with Crippen molar-refractivity contribution in [3.8, 4) is 23.0 Å². The zero-order valence-electron chi connectivity index (χ0n) is 21.1. The average molecular weight is 501 g/mol. The van der Waals surface area contributed by atoms with E-state index in [0.29, 0.717) is 11.5 Å². The van der Waals surface area contributed by atoms with E-state index in [9.17, 15) is 10.2 Å². The Balaban J connectivity index is 2.10. The number of aliphatic hydroxyl groups is 2. The van der Waals surface area contributed by atoms with Gasteiger partial charge in [0.2, 0.25) is 0 Å². The maximum absolute atomic E-state index is 9.55. The fourth-order valence-electron chi connectivity index (χ4n) is 4.67. The Morgan fingerprint density at radius 3 is 1.57 bits per heavy atom. The summed E-state index contributed by atoms with van der Waals surface area (Å²) in [6, 6.07) is 31.8. The van der Waals surface area contributed by atoms with Gasteiger partial charge in [-0.15, -0.1) is 0 Å². The van der Waals surface area contributed by atoms with Crippen molar-refractivity contribution in [2.75, 3.05) is 40.6 Å². The average Bonchev–Trinajstić information content (AvgIpc) is 2.97. The molecule has 6 heteroatoms. The van der Waals surface area contributed by atoms with Crippen LogP contribution in [0.5, 0.6) is 23.0 Å². The summed E-state index contributed by atoms with van der Waals surface area (Å²) in [6.45, 7) is 0.0874. The zero-order valence-corrected chi connectivity index (χ0v) is 21.1. The smallest absolute Gasteiger partial charge is 0.124 e. The molecule has 2 N–H and O–H groups in total. The molecular formula is C31H32O6. The quantitative estimate of drug-likeness (QED) is 0.272. The molecule has 192 valence electrons. The third kappa shape index (κ3) is 5.40. The minimum absolute atomic E-state index is 0.0983. The first-order valence-electron chi connectivity index (χ1n) is 12.1. The number of hydrogen-bond donors (Lipinski definition) is 2. The zero-order chi connectivity index (χ0) is 26.1. The molecule has 0 aromatic heterocycles. The first kappa shape index (κ1) is 26.1. The predicted octanol–water partition coefficient (Wildman–Crippen LogP) is 4.83. The molecule has 0 aliphatic heterocycles. The lowest BCUT2D eigenvalue weighted by molar-refractivity contribution is 0.196. The van der Waals surface area contributed by atoms with Gasteiger partial charge < -0.3 is 29.2 Å². The van der Waals surface area contributed by atoms with Gasteiger partial charge in [0.25, 0.3) is 0 Å². The van der Waals surface area contributed by atoms with Crippen molar-refractivity contribution >= 4 is 0 Å². The molecule has 4 aromatic carbocycles. The third-order valence-corrected chi connectivity index (χ3v) is 6.32. The SMILES string of the molecule is COc1ccc(C(c2ccccc2)(c2ccc(OC)cc2)c2cc(OCCO)ccc2OCCO)cc1. The van der Waals surface area contributed by atoms with Gasteiger partial charge in [0.1, 0.15) is 36.2 Å². The van der Waals surface area contributed by atoms with Crippen molar-refractivity contribution in [2.24, 2.45) is 0 Å². The number of hydrogen-bond acceptors (Lipinski definition) is 6. The van der Waals surface area contributed by atoms with Gasteiger partial charge >= 0.3 is 0 Å². The van der Waals surface area contributed by atoms with Crippen molar-refractivity contribution < 1.29 is 29.2 Å². The van der Waals surface area contributed by atoms with E-state index < -0.39 is 5.41 Å². The number of methoxy groups -OCH3 is 2. The second-order valence-electron chi connectivity index (χ2n) is 8.38. The summed E-state index contributed by atoms with van der Waals surface area (Å²) in [4.78, 5) is 0. The van der Waals surface area contributed by atoms with Gasteiger partial charge in [-0.25, -0.2) is 0 Å². The fourth-order valence-corrected chi connectivity index (χ4v) is 4.67. The van der Waals surface area contributed by atoms with Crippen LogP contribution in [0, 0.1) is 0 Å². The number of rotatable bonds is 12. The lowest BCUT2D eigenvalue weighted by atomic mass is 9.64. The second-order valence-corrected chi connectivity index (χ2v) is 8.38. The van der Waals surface area contributed by atoms with Crippen molar-refractivity contribution in [3.63, 3.8) is 0 Å². The van der Waals surface area contributed by atoms with Crippen LogP contribution in [0.15, 0.2) is 97.1 Å². The van der Waals surface area contributed by atoms with Gasteiger partial charge in [-0.2, -0.15) is 0 Å². The van der Waals surface area contributed by atoms with E-state index in [4.69, 9.17) is 18.9 Å². The van der Waals surface area contributed by atoms with Crippen LogP contribution in [-0.4, -0.2) is 50.9 Å². The highest BCUT2D eigenvalue weighted by Gasteiger charge is 2.41. The molecule has 4 aromatic rings. The molecule has 0 aliphatic carbocycles. The Bertz CT molecular complexity index is 1210. The van der Waals surface area contributed by atoms with Crippen LogP contribution in [0.4, 0.5) is 0 Å². The minimum atomic E-state index is -0.830. The molecule has 0 saturated carbocycles. The molecule has 0 spiro atoms.